The third-order valence-corrected chi connectivity index (χ3v) is 8.64. The number of carbonyl (C=O) groups is 3. The van der Waals surface area contributed by atoms with Crippen molar-refractivity contribution in [2.24, 2.45) is 22.7 Å². The predicted molar refractivity (Wildman–Crippen MR) is 143 cm³/mol. The number of ketones is 1. The van der Waals surface area contributed by atoms with Gasteiger partial charge in [-0.15, -0.1) is 0 Å². The Hall–Kier alpha value is -3.99. The minimum Gasteiger partial charge on any atom is -0.494 e. The molecule has 2 bridgehead atoms. The fraction of sp³-hybridized carbons (Fsp3) is 0.281. The molecule has 186 valence electrons. The summed E-state index contributed by atoms with van der Waals surface area (Å²) in [5.74, 6) is -1.41. The first-order valence-electron chi connectivity index (χ1n) is 12.9. The SMILES string of the molecule is CCOc1ccc(N2C(=O)[C@H]3[C@H](C2=O)[C@@]2(CC)C(=O)[C@@]3(C)C(c3ccccc3)=C2c2ccccc2)cc1. The maximum atomic E-state index is 14.5. The standard InChI is InChI=1S/C32H29NO4/c1-4-32-25(21-14-10-7-11-15-21)24(20-12-8-6-9-13-20)31(3,30(32)36)26-27(32)29(35)33(28(26)34)22-16-18-23(19-17-22)37-5-2/h6-19,26-27H,4-5H2,1-3H3/t26-,27-,31+,32+/m1/s1. The van der Waals surface area contributed by atoms with Crippen LogP contribution in [0, 0.1) is 22.7 Å². The molecule has 1 heterocycles. The number of carbonyl (C=O) groups excluding carboxylic acids is 3. The van der Waals surface area contributed by atoms with E-state index in [1.165, 1.54) is 4.90 Å². The van der Waals surface area contributed by atoms with Crippen molar-refractivity contribution >= 4 is 34.4 Å². The normalized spacial score (nSPS) is 28.3. The lowest BCUT2D eigenvalue weighted by molar-refractivity contribution is -0.134. The molecule has 4 atom stereocenters. The summed E-state index contributed by atoms with van der Waals surface area (Å²) in [4.78, 5) is 44.1. The van der Waals surface area contributed by atoms with Crippen molar-refractivity contribution in [2.45, 2.75) is 27.2 Å². The van der Waals surface area contributed by atoms with E-state index in [0.717, 1.165) is 22.3 Å². The van der Waals surface area contributed by atoms with Crippen molar-refractivity contribution in [1.29, 1.82) is 0 Å². The molecule has 3 aliphatic rings. The number of anilines is 1. The summed E-state index contributed by atoms with van der Waals surface area (Å²) in [6.45, 7) is 6.28. The van der Waals surface area contributed by atoms with Gasteiger partial charge >= 0.3 is 0 Å². The summed E-state index contributed by atoms with van der Waals surface area (Å²) in [7, 11) is 0. The molecule has 2 aliphatic carbocycles. The van der Waals surface area contributed by atoms with E-state index in [4.69, 9.17) is 4.74 Å². The molecule has 0 radical (unpaired) electrons. The summed E-state index contributed by atoms with van der Waals surface area (Å²) in [6.07, 6.45) is 0.444. The first-order valence-corrected chi connectivity index (χ1v) is 12.9. The lowest BCUT2D eigenvalue weighted by Crippen LogP contribution is -2.41. The fourth-order valence-corrected chi connectivity index (χ4v) is 7.24. The zero-order valence-electron chi connectivity index (χ0n) is 21.2. The highest BCUT2D eigenvalue weighted by molar-refractivity contribution is 6.34. The van der Waals surface area contributed by atoms with E-state index in [-0.39, 0.29) is 17.6 Å². The van der Waals surface area contributed by atoms with Gasteiger partial charge in [0.05, 0.1) is 35.0 Å². The van der Waals surface area contributed by atoms with E-state index in [9.17, 15) is 14.4 Å². The molecule has 3 aromatic carbocycles. The number of amides is 2. The molecule has 0 N–H and O–H groups in total. The summed E-state index contributed by atoms with van der Waals surface area (Å²) in [5, 5.41) is 0. The van der Waals surface area contributed by atoms with Crippen LogP contribution >= 0.6 is 0 Å². The number of nitrogens with zero attached hydrogens (tertiary/aromatic N) is 1. The second-order valence-electron chi connectivity index (χ2n) is 10.2. The molecule has 3 aromatic rings. The van der Waals surface area contributed by atoms with Crippen molar-refractivity contribution in [2.75, 3.05) is 11.5 Å². The van der Waals surface area contributed by atoms with Gasteiger partial charge in [-0.1, -0.05) is 67.6 Å². The van der Waals surface area contributed by atoms with E-state index >= 15 is 0 Å². The van der Waals surface area contributed by atoms with E-state index in [0.29, 0.717) is 24.5 Å². The second-order valence-corrected chi connectivity index (χ2v) is 10.2. The van der Waals surface area contributed by atoms with Crippen LogP contribution in [0.15, 0.2) is 84.9 Å². The Labute approximate surface area is 216 Å². The van der Waals surface area contributed by atoms with Crippen LogP contribution in [0.3, 0.4) is 0 Å². The smallest absolute Gasteiger partial charge is 0.239 e. The lowest BCUT2D eigenvalue weighted by atomic mass is 9.62. The molecular formula is C32H29NO4. The molecule has 1 aliphatic heterocycles. The van der Waals surface area contributed by atoms with Crippen molar-refractivity contribution in [1.82, 2.24) is 0 Å². The highest BCUT2D eigenvalue weighted by Crippen LogP contribution is 2.74. The number of rotatable bonds is 6. The Morgan fingerprint density at radius 3 is 1.81 bits per heavy atom. The van der Waals surface area contributed by atoms with Crippen LogP contribution in [-0.2, 0) is 14.4 Å². The highest BCUT2D eigenvalue weighted by atomic mass is 16.5. The van der Waals surface area contributed by atoms with E-state index in [2.05, 4.69) is 0 Å². The number of imide groups is 1. The monoisotopic (exact) mass is 491 g/mol. The van der Waals surface area contributed by atoms with Gasteiger partial charge in [0, 0.05) is 0 Å². The molecule has 0 spiro atoms. The third-order valence-electron chi connectivity index (χ3n) is 8.64. The first kappa shape index (κ1) is 23.4. The molecule has 37 heavy (non-hydrogen) atoms. The molecule has 1 saturated carbocycles. The number of hydrogen-bond donors (Lipinski definition) is 0. The van der Waals surface area contributed by atoms with Crippen LogP contribution in [-0.4, -0.2) is 24.2 Å². The third kappa shape index (κ3) is 2.88. The van der Waals surface area contributed by atoms with Crippen LogP contribution in [0.25, 0.3) is 11.1 Å². The summed E-state index contributed by atoms with van der Waals surface area (Å²) in [6, 6.07) is 26.8. The van der Waals surface area contributed by atoms with Crippen molar-refractivity contribution in [3.63, 3.8) is 0 Å². The van der Waals surface area contributed by atoms with E-state index < -0.39 is 22.7 Å². The van der Waals surface area contributed by atoms with Crippen molar-refractivity contribution < 1.29 is 19.1 Å². The van der Waals surface area contributed by atoms with E-state index in [1.807, 2.05) is 81.4 Å². The molecule has 2 amide bonds. The van der Waals surface area contributed by atoms with Crippen LogP contribution in [0.2, 0.25) is 0 Å². The average molecular weight is 492 g/mol. The molecule has 0 unspecified atom stereocenters. The van der Waals surface area contributed by atoms with Crippen molar-refractivity contribution in [3.05, 3.63) is 96.1 Å². The number of allylic oxidation sites excluding steroid dienone is 2. The number of ether oxygens (including phenoxy) is 1. The second kappa shape index (κ2) is 8.27. The number of benzene rings is 3. The van der Waals surface area contributed by atoms with Gasteiger partial charge in [-0.05, 0) is 66.8 Å². The highest BCUT2D eigenvalue weighted by Gasteiger charge is 2.79. The minimum absolute atomic E-state index is 0.0109. The van der Waals surface area contributed by atoms with Gasteiger partial charge in [-0.3, -0.25) is 14.4 Å². The van der Waals surface area contributed by atoms with Crippen LogP contribution in [0.4, 0.5) is 5.69 Å². The average Bonchev–Trinajstić information content (AvgIpc) is 3.40. The Morgan fingerprint density at radius 2 is 1.27 bits per heavy atom. The molecule has 5 heteroatoms. The van der Waals surface area contributed by atoms with Gasteiger partial charge in [0.1, 0.15) is 5.75 Å². The zero-order valence-corrected chi connectivity index (χ0v) is 21.2. The van der Waals surface area contributed by atoms with E-state index in [1.54, 1.807) is 24.3 Å². The van der Waals surface area contributed by atoms with Crippen LogP contribution in [0.5, 0.6) is 5.75 Å². The van der Waals surface area contributed by atoms with Gasteiger partial charge < -0.3 is 4.74 Å². The van der Waals surface area contributed by atoms with Crippen LogP contribution < -0.4 is 9.64 Å². The largest absolute Gasteiger partial charge is 0.494 e. The predicted octanol–water partition coefficient (Wildman–Crippen LogP) is 5.80. The summed E-state index contributed by atoms with van der Waals surface area (Å²) >= 11 is 0. The number of hydrogen-bond acceptors (Lipinski definition) is 4. The van der Waals surface area contributed by atoms with Crippen LogP contribution in [0.1, 0.15) is 38.3 Å². The molecular weight excluding hydrogens is 462 g/mol. The van der Waals surface area contributed by atoms with Gasteiger partial charge in [0.15, 0.2) is 5.78 Å². The summed E-state index contributed by atoms with van der Waals surface area (Å²) < 4.78 is 5.55. The Morgan fingerprint density at radius 1 is 0.730 bits per heavy atom. The van der Waals surface area contributed by atoms with Gasteiger partial charge in [-0.25, -0.2) is 4.90 Å². The topological polar surface area (TPSA) is 63.7 Å². The Balaban J connectivity index is 1.58. The summed E-state index contributed by atoms with van der Waals surface area (Å²) in [5.41, 5.74) is 1.95. The maximum Gasteiger partial charge on any atom is 0.239 e. The van der Waals surface area contributed by atoms with Gasteiger partial charge in [-0.2, -0.15) is 0 Å². The lowest BCUT2D eigenvalue weighted by Gasteiger charge is -2.37. The fourth-order valence-electron chi connectivity index (χ4n) is 7.24. The quantitative estimate of drug-likeness (QED) is 0.409. The minimum atomic E-state index is -1.11. The molecule has 0 aromatic heterocycles. The molecule has 6 rings (SSSR count). The molecule has 5 nitrogen and oxygen atoms in total. The molecule has 2 fully saturated rings. The Bertz CT molecular complexity index is 1440. The Kier molecular flexibility index (Phi) is 5.23. The first-order chi connectivity index (χ1) is 17.9. The zero-order chi connectivity index (χ0) is 25.9. The van der Waals surface area contributed by atoms with Gasteiger partial charge in [0.25, 0.3) is 0 Å². The number of Topliss-reactive ketones (excluding diaryl/α,β-unsaturated/α-hetero) is 1. The van der Waals surface area contributed by atoms with Crippen molar-refractivity contribution in [3.8, 4) is 5.75 Å². The van der Waals surface area contributed by atoms with Gasteiger partial charge in [0.2, 0.25) is 11.8 Å². The maximum absolute atomic E-state index is 14.5. The molecule has 1 saturated heterocycles. The number of fused-ring (bicyclic) bond motifs is 5.